The van der Waals surface area contributed by atoms with Crippen molar-refractivity contribution in [3.8, 4) is 5.75 Å². The standard InChI is InChI=1S/C28H31N5O2/c1-20-6-5-11-33-18-23(29-27(20)33)19-35-25-8-4-7-22(17-25)28(34)30-26-10-9-24(16-21(26)2)32-14-12-31(3)13-15-32/h4-11,16-18H,12-15,19H2,1-3H3,(H,30,34). The highest BCUT2D eigenvalue weighted by Crippen LogP contribution is 2.25. The first kappa shape index (κ1) is 22.9. The van der Waals surface area contributed by atoms with Gasteiger partial charge in [0, 0.05) is 55.5 Å². The van der Waals surface area contributed by atoms with Crippen molar-refractivity contribution in [2.75, 3.05) is 43.4 Å². The molecule has 2 aromatic carbocycles. The van der Waals surface area contributed by atoms with Crippen LogP contribution in [-0.4, -0.2) is 53.4 Å². The summed E-state index contributed by atoms with van der Waals surface area (Å²) in [6, 6.07) is 17.5. The van der Waals surface area contributed by atoms with Crippen molar-refractivity contribution in [1.29, 1.82) is 0 Å². The van der Waals surface area contributed by atoms with Gasteiger partial charge in [0.15, 0.2) is 0 Å². The van der Waals surface area contributed by atoms with E-state index in [-0.39, 0.29) is 5.91 Å². The van der Waals surface area contributed by atoms with Crippen molar-refractivity contribution in [2.24, 2.45) is 0 Å². The van der Waals surface area contributed by atoms with E-state index in [9.17, 15) is 4.79 Å². The van der Waals surface area contributed by atoms with Gasteiger partial charge in [0.1, 0.15) is 18.0 Å². The maximum Gasteiger partial charge on any atom is 0.255 e. The highest BCUT2D eigenvalue weighted by molar-refractivity contribution is 6.05. The van der Waals surface area contributed by atoms with Crippen LogP contribution < -0.4 is 15.0 Å². The summed E-state index contributed by atoms with van der Waals surface area (Å²) in [5.74, 6) is 0.475. The number of piperazine rings is 1. The molecule has 2 aromatic heterocycles. The van der Waals surface area contributed by atoms with Crippen LogP contribution >= 0.6 is 0 Å². The van der Waals surface area contributed by atoms with Gasteiger partial charge in [-0.1, -0.05) is 12.1 Å². The van der Waals surface area contributed by atoms with Gasteiger partial charge >= 0.3 is 0 Å². The van der Waals surface area contributed by atoms with E-state index in [0.29, 0.717) is 17.9 Å². The quantitative estimate of drug-likeness (QED) is 0.449. The van der Waals surface area contributed by atoms with Crippen molar-refractivity contribution in [3.63, 3.8) is 0 Å². The Balaban J connectivity index is 1.23. The SMILES string of the molecule is Cc1cc(N2CCN(C)CC2)ccc1NC(=O)c1cccc(OCc2cn3cccc(C)c3n2)c1. The van der Waals surface area contributed by atoms with Gasteiger partial charge in [0.25, 0.3) is 5.91 Å². The van der Waals surface area contributed by atoms with Crippen molar-refractivity contribution in [2.45, 2.75) is 20.5 Å². The Morgan fingerprint density at radius 2 is 1.83 bits per heavy atom. The Morgan fingerprint density at radius 1 is 1.00 bits per heavy atom. The second-order valence-corrected chi connectivity index (χ2v) is 9.21. The lowest BCUT2D eigenvalue weighted by Gasteiger charge is -2.34. The molecule has 1 amide bonds. The molecule has 1 saturated heterocycles. The predicted molar refractivity (Wildman–Crippen MR) is 140 cm³/mol. The van der Waals surface area contributed by atoms with E-state index in [1.165, 1.54) is 5.69 Å². The molecule has 0 bridgehead atoms. The first-order valence-corrected chi connectivity index (χ1v) is 12.0. The largest absolute Gasteiger partial charge is 0.487 e. The van der Waals surface area contributed by atoms with E-state index in [1.54, 1.807) is 12.1 Å². The number of carbonyl (C=O) groups excluding carboxylic acids is 1. The van der Waals surface area contributed by atoms with Crippen LogP contribution in [0.2, 0.25) is 0 Å². The minimum absolute atomic E-state index is 0.158. The van der Waals surface area contributed by atoms with E-state index >= 15 is 0 Å². The molecule has 1 aliphatic rings. The van der Waals surface area contributed by atoms with Crippen LogP contribution in [0.4, 0.5) is 11.4 Å². The zero-order chi connectivity index (χ0) is 24.4. The smallest absolute Gasteiger partial charge is 0.255 e. The van der Waals surface area contributed by atoms with Crippen molar-refractivity contribution >= 4 is 22.9 Å². The molecule has 35 heavy (non-hydrogen) atoms. The fraction of sp³-hybridized carbons (Fsp3) is 0.286. The molecule has 7 nitrogen and oxygen atoms in total. The van der Waals surface area contributed by atoms with Gasteiger partial charge in [-0.05, 0) is 74.5 Å². The molecule has 3 heterocycles. The molecule has 5 rings (SSSR count). The molecule has 0 atom stereocenters. The Morgan fingerprint density at radius 3 is 2.60 bits per heavy atom. The van der Waals surface area contributed by atoms with Gasteiger partial charge in [-0.2, -0.15) is 0 Å². The molecular formula is C28H31N5O2. The molecule has 0 spiro atoms. The summed E-state index contributed by atoms with van der Waals surface area (Å²) in [5, 5.41) is 3.05. The number of carbonyl (C=O) groups is 1. The summed E-state index contributed by atoms with van der Waals surface area (Å²) in [6.45, 7) is 8.56. The molecule has 1 N–H and O–H groups in total. The molecule has 1 fully saturated rings. The molecule has 0 aliphatic carbocycles. The first-order valence-electron chi connectivity index (χ1n) is 12.0. The predicted octanol–water partition coefficient (Wildman–Crippen LogP) is 4.53. The van der Waals surface area contributed by atoms with E-state index in [4.69, 9.17) is 4.74 Å². The number of hydrogen-bond donors (Lipinski definition) is 1. The minimum Gasteiger partial charge on any atom is -0.487 e. The zero-order valence-corrected chi connectivity index (χ0v) is 20.5. The van der Waals surface area contributed by atoms with Crippen molar-refractivity contribution < 1.29 is 9.53 Å². The van der Waals surface area contributed by atoms with Gasteiger partial charge in [-0.25, -0.2) is 4.98 Å². The number of aromatic nitrogens is 2. The number of nitrogens with one attached hydrogen (secondary N) is 1. The summed E-state index contributed by atoms with van der Waals surface area (Å²) in [5.41, 5.74) is 6.49. The van der Waals surface area contributed by atoms with Crippen LogP contribution in [0, 0.1) is 13.8 Å². The first-order chi connectivity index (χ1) is 17.0. The summed E-state index contributed by atoms with van der Waals surface area (Å²) < 4.78 is 7.95. The highest BCUT2D eigenvalue weighted by atomic mass is 16.5. The molecule has 4 aromatic rings. The third-order valence-electron chi connectivity index (χ3n) is 6.54. The number of hydrogen-bond acceptors (Lipinski definition) is 5. The molecule has 0 radical (unpaired) electrons. The summed E-state index contributed by atoms with van der Waals surface area (Å²) in [4.78, 5) is 22.4. The minimum atomic E-state index is -0.158. The number of anilines is 2. The van der Waals surface area contributed by atoms with Crippen molar-refractivity contribution in [1.82, 2.24) is 14.3 Å². The number of likely N-dealkylation sites (N-methyl/N-ethyl adjacent to an activating group) is 1. The number of nitrogens with zero attached hydrogens (tertiary/aromatic N) is 4. The number of aryl methyl sites for hydroxylation is 2. The van der Waals surface area contributed by atoms with Gasteiger partial charge in [0.2, 0.25) is 0 Å². The Labute approximate surface area is 206 Å². The van der Waals surface area contributed by atoms with E-state index in [2.05, 4.69) is 39.3 Å². The topological polar surface area (TPSA) is 62.1 Å². The molecule has 0 saturated carbocycles. The van der Waals surface area contributed by atoms with Crippen molar-refractivity contribution in [3.05, 3.63) is 89.4 Å². The molecule has 180 valence electrons. The van der Waals surface area contributed by atoms with Crippen LogP contribution in [0.15, 0.2) is 67.0 Å². The Kier molecular flexibility index (Phi) is 6.42. The summed E-state index contributed by atoms with van der Waals surface area (Å²) in [6.07, 6.45) is 3.94. The van der Waals surface area contributed by atoms with Crippen LogP contribution in [0.25, 0.3) is 5.65 Å². The fourth-order valence-corrected chi connectivity index (χ4v) is 4.40. The zero-order valence-electron chi connectivity index (χ0n) is 20.5. The van der Waals surface area contributed by atoms with Gasteiger partial charge in [0.05, 0.1) is 5.69 Å². The third kappa shape index (κ3) is 5.15. The van der Waals surface area contributed by atoms with E-state index < -0.39 is 0 Å². The van der Waals surface area contributed by atoms with Crippen LogP contribution in [0.1, 0.15) is 27.2 Å². The van der Waals surface area contributed by atoms with Crippen LogP contribution in [-0.2, 0) is 6.61 Å². The number of imidazole rings is 1. The number of rotatable bonds is 6. The number of ether oxygens (including phenoxy) is 1. The van der Waals surface area contributed by atoms with Crippen LogP contribution in [0.3, 0.4) is 0 Å². The maximum absolute atomic E-state index is 13.0. The number of benzene rings is 2. The second-order valence-electron chi connectivity index (χ2n) is 9.21. The second kappa shape index (κ2) is 9.80. The maximum atomic E-state index is 13.0. The molecule has 1 aliphatic heterocycles. The molecular weight excluding hydrogens is 438 g/mol. The fourth-order valence-electron chi connectivity index (χ4n) is 4.40. The molecule has 7 heteroatoms. The van der Waals surface area contributed by atoms with Gasteiger partial charge in [-0.3, -0.25) is 4.79 Å². The molecule has 0 unspecified atom stereocenters. The Bertz CT molecular complexity index is 1350. The van der Waals surface area contributed by atoms with Gasteiger partial charge < -0.3 is 24.3 Å². The Hall–Kier alpha value is -3.84. The lowest BCUT2D eigenvalue weighted by Crippen LogP contribution is -2.44. The van der Waals surface area contributed by atoms with E-state index in [0.717, 1.165) is 54.3 Å². The van der Waals surface area contributed by atoms with E-state index in [1.807, 2.05) is 61.0 Å². The summed E-state index contributed by atoms with van der Waals surface area (Å²) >= 11 is 0. The lowest BCUT2D eigenvalue weighted by atomic mass is 10.1. The number of fused-ring (bicyclic) bond motifs is 1. The summed E-state index contributed by atoms with van der Waals surface area (Å²) in [7, 11) is 2.15. The van der Waals surface area contributed by atoms with Crippen LogP contribution in [0.5, 0.6) is 5.75 Å². The monoisotopic (exact) mass is 469 g/mol. The average molecular weight is 470 g/mol. The lowest BCUT2D eigenvalue weighted by molar-refractivity contribution is 0.102. The van der Waals surface area contributed by atoms with Gasteiger partial charge in [-0.15, -0.1) is 0 Å². The number of pyridine rings is 1. The average Bonchev–Trinajstić information content (AvgIpc) is 3.29. The number of amides is 1. The normalized spacial score (nSPS) is 14.3. The highest BCUT2D eigenvalue weighted by Gasteiger charge is 2.16. The third-order valence-corrected chi connectivity index (χ3v) is 6.54.